The van der Waals surface area contributed by atoms with E-state index in [9.17, 15) is 14.0 Å². The maximum atomic E-state index is 13.2. The summed E-state index contributed by atoms with van der Waals surface area (Å²) in [5.74, 6) is -0.950. The number of unbranched alkanes of at least 4 members (excludes halogenated alkanes) is 1. The molecule has 6 nitrogen and oxygen atoms in total. The lowest BCUT2D eigenvalue weighted by Gasteiger charge is -2.17. The second-order valence-electron chi connectivity index (χ2n) is 6.64. The number of aliphatic imine (C=N–C) groups is 1. The molecule has 0 saturated heterocycles. The van der Waals surface area contributed by atoms with Crippen LogP contribution < -0.4 is 10.6 Å². The van der Waals surface area contributed by atoms with Crippen LogP contribution in [0.2, 0.25) is 0 Å². The van der Waals surface area contributed by atoms with Crippen molar-refractivity contribution in [1.82, 2.24) is 15.5 Å². The number of rotatable bonds is 9. The number of nitrogens with one attached hydrogen (secondary N) is 2. The highest BCUT2D eigenvalue weighted by atomic mass is 19.1. The van der Waals surface area contributed by atoms with Crippen LogP contribution in [0.25, 0.3) is 0 Å². The molecule has 1 aromatic rings. The first kappa shape index (κ1) is 20.8. The SMILES string of the molecule is CCCCN(C)CC1=C(C(=O)NCC(=O)NC)N=C(c2ccc(F)cc2)C1. The monoisotopic (exact) mass is 374 g/mol. The Balaban J connectivity index is 2.18. The third kappa shape index (κ3) is 5.99. The van der Waals surface area contributed by atoms with Gasteiger partial charge in [-0.3, -0.25) is 9.59 Å². The van der Waals surface area contributed by atoms with Crippen LogP contribution in [0.1, 0.15) is 31.7 Å². The van der Waals surface area contributed by atoms with Crippen LogP contribution in [0, 0.1) is 5.82 Å². The molecule has 0 atom stereocenters. The number of hydrogen-bond donors (Lipinski definition) is 2. The lowest BCUT2D eigenvalue weighted by molar-refractivity contribution is -0.124. The molecule has 0 bridgehead atoms. The Hall–Kier alpha value is -2.54. The molecule has 7 heteroatoms. The minimum Gasteiger partial charge on any atom is -0.358 e. The van der Waals surface area contributed by atoms with Crippen molar-refractivity contribution in [3.63, 3.8) is 0 Å². The predicted molar refractivity (Wildman–Crippen MR) is 104 cm³/mol. The van der Waals surface area contributed by atoms with Crippen LogP contribution in [0.15, 0.2) is 40.5 Å². The number of amides is 2. The van der Waals surface area contributed by atoms with E-state index < -0.39 is 0 Å². The molecule has 2 rings (SSSR count). The highest BCUT2D eigenvalue weighted by Crippen LogP contribution is 2.25. The van der Waals surface area contributed by atoms with Crippen molar-refractivity contribution in [2.75, 3.05) is 33.7 Å². The van der Waals surface area contributed by atoms with E-state index in [1.807, 2.05) is 7.05 Å². The Morgan fingerprint density at radius 3 is 2.59 bits per heavy atom. The third-order valence-electron chi connectivity index (χ3n) is 4.40. The van der Waals surface area contributed by atoms with E-state index in [4.69, 9.17) is 0 Å². The van der Waals surface area contributed by atoms with E-state index >= 15 is 0 Å². The van der Waals surface area contributed by atoms with Gasteiger partial charge >= 0.3 is 0 Å². The van der Waals surface area contributed by atoms with Crippen LogP contribution in [-0.2, 0) is 9.59 Å². The van der Waals surface area contributed by atoms with E-state index in [2.05, 4.69) is 27.4 Å². The lowest BCUT2D eigenvalue weighted by atomic mass is 10.0. The maximum Gasteiger partial charge on any atom is 0.270 e. The average Bonchev–Trinajstić information content (AvgIpc) is 3.08. The Kier molecular flexibility index (Phi) is 7.67. The molecule has 0 fully saturated rings. The molecule has 0 saturated carbocycles. The second-order valence-corrected chi connectivity index (χ2v) is 6.64. The molecule has 0 aliphatic carbocycles. The maximum absolute atomic E-state index is 13.2. The molecule has 1 heterocycles. The first-order valence-electron chi connectivity index (χ1n) is 9.17. The number of halogens is 1. The average molecular weight is 374 g/mol. The summed E-state index contributed by atoms with van der Waals surface area (Å²) >= 11 is 0. The Morgan fingerprint density at radius 1 is 1.26 bits per heavy atom. The molecule has 27 heavy (non-hydrogen) atoms. The fraction of sp³-hybridized carbons (Fsp3) is 0.450. The predicted octanol–water partition coefficient (Wildman–Crippen LogP) is 1.87. The van der Waals surface area contributed by atoms with E-state index in [1.165, 1.54) is 19.2 Å². The van der Waals surface area contributed by atoms with Gasteiger partial charge in [0, 0.05) is 20.0 Å². The summed E-state index contributed by atoms with van der Waals surface area (Å²) in [7, 11) is 3.53. The third-order valence-corrected chi connectivity index (χ3v) is 4.40. The van der Waals surface area contributed by atoms with Crippen LogP contribution in [0.4, 0.5) is 4.39 Å². The lowest BCUT2D eigenvalue weighted by Crippen LogP contribution is -2.36. The molecule has 0 unspecified atom stereocenters. The molecule has 2 N–H and O–H groups in total. The fourth-order valence-electron chi connectivity index (χ4n) is 2.86. The molecular formula is C20H27FN4O2. The molecule has 1 aliphatic rings. The quantitative estimate of drug-likeness (QED) is 0.693. The smallest absolute Gasteiger partial charge is 0.270 e. The van der Waals surface area contributed by atoms with Crippen molar-refractivity contribution in [2.24, 2.45) is 4.99 Å². The molecule has 2 amide bonds. The van der Waals surface area contributed by atoms with Gasteiger partial charge in [0.1, 0.15) is 11.5 Å². The molecule has 0 spiro atoms. The van der Waals surface area contributed by atoms with Crippen LogP contribution in [-0.4, -0.2) is 56.2 Å². The fourth-order valence-corrected chi connectivity index (χ4v) is 2.86. The summed E-state index contributed by atoms with van der Waals surface area (Å²) in [5, 5.41) is 5.08. The first-order chi connectivity index (χ1) is 12.9. The van der Waals surface area contributed by atoms with Crippen molar-refractivity contribution in [1.29, 1.82) is 0 Å². The molecule has 1 aliphatic heterocycles. The number of hydrogen-bond acceptors (Lipinski definition) is 4. The van der Waals surface area contributed by atoms with E-state index in [-0.39, 0.29) is 24.2 Å². The highest BCUT2D eigenvalue weighted by molar-refractivity contribution is 6.10. The summed E-state index contributed by atoms with van der Waals surface area (Å²) < 4.78 is 13.2. The molecular weight excluding hydrogens is 347 g/mol. The van der Waals surface area contributed by atoms with E-state index in [0.29, 0.717) is 18.7 Å². The van der Waals surface area contributed by atoms with Gasteiger partial charge in [0.2, 0.25) is 5.91 Å². The van der Waals surface area contributed by atoms with Gasteiger partial charge in [0.05, 0.1) is 12.3 Å². The van der Waals surface area contributed by atoms with Gasteiger partial charge < -0.3 is 15.5 Å². The van der Waals surface area contributed by atoms with Crippen molar-refractivity contribution >= 4 is 17.5 Å². The zero-order chi connectivity index (χ0) is 19.8. The number of nitrogens with zero attached hydrogens (tertiary/aromatic N) is 2. The highest BCUT2D eigenvalue weighted by Gasteiger charge is 2.25. The molecule has 0 radical (unpaired) electrons. The van der Waals surface area contributed by atoms with Crippen molar-refractivity contribution in [3.8, 4) is 0 Å². The zero-order valence-corrected chi connectivity index (χ0v) is 16.1. The number of likely N-dealkylation sites (N-methyl/N-ethyl adjacent to an activating group) is 2. The van der Waals surface area contributed by atoms with Gasteiger partial charge in [-0.2, -0.15) is 0 Å². The van der Waals surface area contributed by atoms with Gasteiger partial charge in [-0.15, -0.1) is 0 Å². The Morgan fingerprint density at radius 2 is 1.96 bits per heavy atom. The zero-order valence-electron chi connectivity index (χ0n) is 16.1. The Labute approximate surface area is 159 Å². The van der Waals surface area contributed by atoms with Crippen LogP contribution in [0.5, 0.6) is 0 Å². The van der Waals surface area contributed by atoms with Crippen molar-refractivity contribution < 1.29 is 14.0 Å². The molecule has 146 valence electrons. The molecule has 1 aromatic carbocycles. The van der Waals surface area contributed by atoms with E-state index in [0.717, 1.165) is 36.2 Å². The van der Waals surface area contributed by atoms with Crippen molar-refractivity contribution in [2.45, 2.75) is 26.2 Å². The van der Waals surface area contributed by atoms with E-state index in [1.54, 1.807) is 12.1 Å². The normalized spacial score (nSPS) is 13.7. The van der Waals surface area contributed by atoms with Gasteiger partial charge in [-0.1, -0.05) is 25.5 Å². The van der Waals surface area contributed by atoms with Crippen molar-refractivity contribution in [3.05, 3.63) is 46.9 Å². The van der Waals surface area contributed by atoms with Gasteiger partial charge in [0.15, 0.2) is 0 Å². The minimum absolute atomic E-state index is 0.0980. The van der Waals surface area contributed by atoms with Crippen LogP contribution >= 0.6 is 0 Å². The second kappa shape index (κ2) is 9.97. The summed E-state index contributed by atoms with van der Waals surface area (Å²) in [6, 6.07) is 6.10. The van der Waals surface area contributed by atoms with Crippen LogP contribution in [0.3, 0.4) is 0 Å². The largest absolute Gasteiger partial charge is 0.358 e. The summed E-state index contributed by atoms with van der Waals surface area (Å²) in [5.41, 5.74) is 2.78. The number of benzene rings is 1. The van der Waals surface area contributed by atoms with Gasteiger partial charge in [0.25, 0.3) is 5.91 Å². The summed E-state index contributed by atoms with van der Waals surface area (Å²) in [6.07, 6.45) is 2.71. The number of carbonyl (C=O) groups is 2. The first-order valence-corrected chi connectivity index (χ1v) is 9.17. The number of carbonyl (C=O) groups excluding carboxylic acids is 2. The molecule has 0 aromatic heterocycles. The summed E-state index contributed by atoms with van der Waals surface area (Å²) in [6.45, 7) is 3.59. The standard InChI is InChI=1S/C20H27FN4O2/c1-4-5-10-25(3)13-15-11-17(14-6-8-16(21)9-7-14)24-19(15)20(27)23-12-18(26)22-2/h6-9H,4-5,10-13H2,1-3H3,(H,22,26)(H,23,27). The Bertz CT molecular complexity index is 741. The van der Waals surface area contributed by atoms with Gasteiger partial charge in [-0.25, -0.2) is 9.38 Å². The van der Waals surface area contributed by atoms with Gasteiger partial charge in [-0.05, 0) is 43.3 Å². The minimum atomic E-state index is -0.366. The summed E-state index contributed by atoms with van der Waals surface area (Å²) in [4.78, 5) is 30.6. The topological polar surface area (TPSA) is 73.8 Å².